The Morgan fingerprint density at radius 1 is 1.27 bits per heavy atom. The van der Waals surface area contributed by atoms with Gasteiger partial charge in [0.2, 0.25) is 0 Å². The van der Waals surface area contributed by atoms with E-state index in [0.29, 0.717) is 60.4 Å². The molecule has 1 N–H and O–H groups in total. The van der Waals surface area contributed by atoms with E-state index < -0.39 is 0 Å². The molecule has 9 heteroatoms. The third-order valence-corrected chi connectivity index (χ3v) is 5.94. The van der Waals surface area contributed by atoms with Gasteiger partial charge in [-0.05, 0) is 31.5 Å². The summed E-state index contributed by atoms with van der Waals surface area (Å²) in [5.74, 6) is 0.947. The Balaban J connectivity index is 1.73. The van der Waals surface area contributed by atoms with Crippen LogP contribution in [0.25, 0.3) is 11.4 Å². The van der Waals surface area contributed by atoms with Gasteiger partial charge < -0.3 is 14.5 Å². The molecule has 33 heavy (non-hydrogen) atoms. The molecule has 1 saturated heterocycles. The second-order valence-electron chi connectivity index (χ2n) is 8.29. The number of carbonyl (C=O) groups is 1. The maximum Gasteiger partial charge on any atom is 0.276 e. The number of ether oxygens (including phenoxy) is 2. The second kappa shape index (κ2) is 10.3. The zero-order valence-corrected chi connectivity index (χ0v) is 19.5. The summed E-state index contributed by atoms with van der Waals surface area (Å²) in [4.78, 5) is 35.9. The fourth-order valence-corrected chi connectivity index (χ4v) is 4.24. The van der Waals surface area contributed by atoms with Gasteiger partial charge in [-0.2, -0.15) is 5.10 Å². The van der Waals surface area contributed by atoms with E-state index >= 15 is 0 Å². The van der Waals surface area contributed by atoms with E-state index in [-0.39, 0.29) is 17.3 Å². The lowest BCUT2D eigenvalue weighted by Gasteiger charge is -2.26. The summed E-state index contributed by atoms with van der Waals surface area (Å²) >= 11 is 0. The van der Waals surface area contributed by atoms with E-state index in [4.69, 9.17) is 14.5 Å². The van der Waals surface area contributed by atoms with Gasteiger partial charge in [-0.15, -0.1) is 0 Å². The number of hydrazone groups is 1. The van der Waals surface area contributed by atoms with Crippen LogP contribution in [0.5, 0.6) is 5.75 Å². The molecule has 2 aliphatic rings. The smallest absolute Gasteiger partial charge is 0.276 e. The molecule has 1 unspecified atom stereocenters. The summed E-state index contributed by atoms with van der Waals surface area (Å²) in [7, 11) is 1.74. The SMILES string of the molecule is CCCC1C=NN(C)c2c1nc(-c1cc(C(=O)CN3CCOCC3)ccc1OCC)[nH]c2=O. The molecule has 4 rings (SSSR count). The van der Waals surface area contributed by atoms with E-state index in [9.17, 15) is 9.59 Å². The van der Waals surface area contributed by atoms with Crippen LogP contribution in [0.3, 0.4) is 0 Å². The highest BCUT2D eigenvalue weighted by molar-refractivity contribution is 5.99. The molecule has 1 aromatic carbocycles. The van der Waals surface area contributed by atoms with Crippen molar-refractivity contribution in [2.24, 2.45) is 5.10 Å². The number of hydrogen-bond donors (Lipinski definition) is 1. The molecular formula is C24H31N5O4. The fraction of sp³-hybridized carbons (Fsp3) is 0.500. The van der Waals surface area contributed by atoms with E-state index in [1.165, 1.54) is 0 Å². The van der Waals surface area contributed by atoms with Gasteiger partial charge in [0.25, 0.3) is 5.56 Å². The van der Waals surface area contributed by atoms with Crippen LogP contribution in [0.2, 0.25) is 0 Å². The van der Waals surface area contributed by atoms with Crippen molar-refractivity contribution in [3.05, 3.63) is 39.8 Å². The van der Waals surface area contributed by atoms with Crippen molar-refractivity contribution in [2.45, 2.75) is 32.6 Å². The van der Waals surface area contributed by atoms with Gasteiger partial charge in [0.15, 0.2) is 5.78 Å². The summed E-state index contributed by atoms with van der Waals surface area (Å²) in [5.41, 5.74) is 2.05. The molecule has 1 atom stereocenters. The number of ketones is 1. The molecule has 0 spiro atoms. The zero-order valence-electron chi connectivity index (χ0n) is 19.5. The number of Topliss-reactive ketones (excluding diaryl/α,β-unsaturated/α-hetero) is 1. The Hall–Kier alpha value is -3.04. The van der Waals surface area contributed by atoms with E-state index in [1.807, 2.05) is 13.1 Å². The van der Waals surface area contributed by atoms with E-state index in [0.717, 1.165) is 25.9 Å². The minimum absolute atomic E-state index is 0.0113. The van der Waals surface area contributed by atoms with Crippen molar-refractivity contribution in [3.63, 3.8) is 0 Å². The quantitative estimate of drug-likeness (QED) is 0.614. The first-order chi connectivity index (χ1) is 16.0. The lowest BCUT2D eigenvalue weighted by Crippen LogP contribution is -2.39. The van der Waals surface area contributed by atoms with Gasteiger partial charge in [0, 0.05) is 37.8 Å². The van der Waals surface area contributed by atoms with Crippen LogP contribution >= 0.6 is 0 Å². The highest BCUT2D eigenvalue weighted by Gasteiger charge is 2.27. The molecule has 0 saturated carbocycles. The number of aromatic amines is 1. The summed E-state index contributed by atoms with van der Waals surface area (Å²) in [5, 5.41) is 5.90. The van der Waals surface area contributed by atoms with Crippen LogP contribution in [0, 0.1) is 0 Å². The average Bonchev–Trinajstić information content (AvgIpc) is 2.81. The number of aromatic nitrogens is 2. The molecule has 0 amide bonds. The third kappa shape index (κ3) is 4.99. The molecule has 9 nitrogen and oxygen atoms in total. The van der Waals surface area contributed by atoms with Crippen molar-refractivity contribution in [1.29, 1.82) is 0 Å². The number of rotatable bonds is 8. The number of hydrogen-bond acceptors (Lipinski definition) is 8. The molecule has 176 valence electrons. The lowest BCUT2D eigenvalue weighted by molar-refractivity contribution is 0.0371. The Labute approximate surface area is 193 Å². The van der Waals surface area contributed by atoms with Crippen LogP contribution in [-0.2, 0) is 4.74 Å². The van der Waals surface area contributed by atoms with Crippen LogP contribution in [0.15, 0.2) is 28.1 Å². The third-order valence-electron chi connectivity index (χ3n) is 5.94. The van der Waals surface area contributed by atoms with Gasteiger partial charge >= 0.3 is 0 Å². The van der Waals surface area contributed by atoms with Gasteiger partial charge in [-0.1, -0.05) is 13.3 Å². The highest BCUT2D eigenvalue weighted by Crippen LogP contribution is 2.33. The average molecular weight is 454 g/mol. The van der Waals surface area contributed by atoms with Crippen LogP contribution in [-0.4, -0.2) is 73.4 Å². The van der Waals surface area contributed by atoms with Crippen LogP contribution < -0.4 is 15.3 Å². The first kappa shape index (κ1) is 23.1. The van der Waals surface area contributed by atoms with E-state index in [1.54, 1.807) is 30.3 Å². The number of nitrogens with zero attached hydrogens (tertiary/aromatic N) is 4. The number of carbonyl (C=O) groups excluding carboxylic acids is 1. The topological polar surface area (TPSA) is 100 Å². The summed E-state index contributed by atoms with van der Waals surface area (Å²) < 4.78 is 11.2. The Morgan fingerprint density at radius 2 is 2.06 bits per heavy atom. The molecule has 0 bridgehead atoms. The largest absolute Gasteiger partial charge is 0.493 e. The highest BCUT2D eigenvalue weighted by atomic mass is 16.5. The van der Waals surface area contributed by atoms with Crippen molar-refractivity contribution in [1.82, 2.24) is 14.9 Å². The van der Waals surface area contributed by atoms with Crippen molar-refractivity contribution < 1.29 is 14.3 Å². The first-order valence-electron chi connectivity index (χ1n) is 11.5. The van der Waals surface area contributed by atoms with Crippen LogP contribution in [0.1, 0.15) is 48.7 Å². The van der Waals surface area contributed by atoms with Crippen molar-refractivity contribution in [2.75, 3.05) is 51.5 Å². The zero-order chi connectivity index (χ0) is 23.4. The standard InChI is InChI=1S/C24H31N5O4/c1-4-6-17-14-25-28(3)22-21(17)26-23(27-24(22)31)18-13-16(7-8-20(18)33-5-2)19(30)15-29-9-11-32-12-10-29/h7-8,13-14,17H,4-6,9-12,15H2,1-3H3,(H,26,27,31). The second-order valence-corrected chi connectivity index (χ2v) is 8.29. The Morgan fingerprint density at radius 3 is 2.79 bits per heavy atom. The number of benzene rings is 1. The molecule has 2 aromatic rings. The van der Waals surface area contributed by atoms with Crippen molar-refractivity contribution >= 4 is 17.7 Å². The van der Waals surface area contributed by atoms with E-state index in [2.05, 4.69) is 21.9 Å². The molecule has 1 aromatic heterocycles. The summed E-state index contributed by atoms with van der Waals surface area (Å²) in [6.45, 7) is 7.52. The lowest BCUT2D eigenvalue weighted by atomic mass is 9.98. The molecule has 0 radical (unpaired) electrons. The predicted molar refractivity (Wildman–Crippen MR) is 128 cm³/mol. The summed E-state index contributed by atoms with van der Waals surface area (Å²) in [6.07, 6.45) is 3.63. The number of nitrogens with one attached hydrogen (secondary N) is 1. The molecular weight excluding hydrogens is 422 g/mol. The molecule has 2 aliphatic heterocycles. The number of fused-ring (bicyclic) bond motifs is 1. The first-order valence-corrected chi connectivity index (χ1v) is 11.5. The monoisotopic (exact) mass is 453 g/mol. The minimum atomic E-state index is -0.261. The number of morpholine rings is 1. The van der Waals surface area contributed by atoms with Crippen molar-refractivity contribution in [3.8, 4) is 17.1 Å². The van der Waals surface area contributed by atoms with Gasteiger partial charge in [-0.25, -0.2) is 4.98 Å². The predicted octanol–water partition coefficient (Wildman–Crippen LogP) is 2.67. The number of anilines is 1. The normalized spacial score (nSPS) is 18.3. The number of H-pyrrole nitrogens is 1. The Kier molecular flexibility index (Phi) is 7.20. The maximum atomic E-state index is 13.0. The molecule has 0 aliphatic carbocycles. The van der Waals surface area contributed by atoms with Crippen LogP contribution in [0.4, 0.5) is 5.69 Å². The fourth-order valence-electron chi connectivity index (χ4n) is 4.24. The maximum absolute atomic E-state index is 13.0. The van der Waals surface area contributed by atoms with Gasteiger partial charge in [0.1, 0.15) is 17.3 Å². The van der Waals surface area contributed by atoms with Gasteiger partial charge in [0.05, 0.1) is 37.6 Å². The minimum Gasteiger partial charge on any atom is -0.493 e. The summed E-state index contributed by atoms with van der Waals surface area (Å²) in [6, 6.07) is 5.32. The Bertz CT molecular complexity index is 1090. The van der Waals surface area contributed by atoms with Gasteiger partial charge in [-0.3, -0.25) is 19.5 Å². The molecule has 3 heterocycles. The molecule has 1 fully saturated rings.